The molecule has 3 aromatic rings. The molecule has 0 atom stereocenters. The fourth-order valence-electron chi connectivity index (χ4n) is 2.43. The highest BCUT2D eigenvalue weighted by atomic mass is 16.4. The Morgan fingerprint density at radius 1 is 0.900 bits per heavy atom. The van der Waals surface area contributed by atoms with E-state index in [0.29, 0.717) is 16.2 Å². The van der Waals surface area contributed by atoms with Crippen LogP contribution in [-0.2, 0) is 0 Å². The van der Waals surface area contributed by atoms with Crippen LogP contribution >= 0.6 is 0 Å². The largest absolute Gasteiger partial charge is 0.507 e. The normalized spacial score (nSPS) is 11.0. The first-order valence-corrected chi connectivity index (χ1v) is 5.90. The van der Waals surface area contributed by atoms with Gasteiger partial charge in [-0.1, -0.05) is 24.3 Å². The zero-order valence-corrected chi connectivity index (χ0v) is 10.3. The Hall–Kier alpha value is -2.95. The third-order valence-corrected chi connectivity index (χ3v) is 3.41. The third kappa shape index (κ3) is 1.46. The number of carboxylic acid groups (broad SMARTS) is 1. The molecule has 0 amide bonds. The van der Waals surface area contributed by atoms with Crippen molar-refractivity contribution in [3.63, 3.8) is 0 Å². The van der Waals surface area contributed by atoms with Crippen LogP contribution in [0, 0.1) is 0 Å². The van der Waals surface area contributed by atoms with Crippen molar-refractivity contribution in [3.8, 4) is 11.5 Å². The highest BCUT2D eigenvalue weighted by Crippen LogP contribution is 2.44. The number of anilines is 1. The molecule has 3 rings (SSSR count). The molecule has 0 bridgehead atoms. The van der Waals surface area contributed by atoms with Crippen LogP contribution in [0.1, 0.15) is 10.4 Å². The molecule has 5 N–H and O–H groups in total. The summed E-state index contributed by atoms with van der Waals surface area (Å²) in [7, 11) is 0. The van der Waals surface area contributed by atoms with Crippen molar-refractivity contribution in [3.05, 3.63) is 42.0 Å². The van der Waals surface area contributed by atoms with Crippen LogP contribution in [0.4, 0.5) is 5.69 Å². The van der Waals surface area contributed by atoms with Gasteiger partial charge >= 0.3 is 5.97 Å². The minimum atomic E-state index is -1.18. The van der Waals surface area contributed by atoms with E-state index in [4.69, 9.17) is 10.8 Å². The molecule has 0 saturated carbocycles. The van der Waals surface area contributed by atoms with E-state index in [2.05, 4.69) is 0 Å². The predicted molar refractivity (Wildman–Crippen MR) is 76.2 cm³/mol. The smallest absolute Gasteiger partial charge is 0.337 e. The molecule has 0 aliphatic carbocycles. The van der Waals surface area contributed by atoms with Gasteiger partial charge in [-0.25, -0.2) is 4.79 Å². The maximum absolute atomic E-state index is 11.1. The van der Waals surface area contributed by atoms with Crippen LogP contribution in [0.5, 0.6) is 11.5 Å². The van der Waals surface area contributed by atoms with E-state index in [1.54, 1.807) is 24.3 Å². The van der Waals surface area contributed by atoms with E-state index >= 15 is 0 Å². The quantitative estimate of drug-likeness (QED) is 0.309. The number of carbonyl (C=O) groups is 1. The van der Waals surface area contributed by atoms with E-state index < -0.39 is 5.97 Å². The van der Waals surface area contributed by atoms with Gasteiger partial charge in [-0.2, -0.15) is 0 Å². The number of rotatable bonds is 1. The number of hydrogen-bond donors (Lipinski definition) is 4. The van der Waals surface area contributed by atoms with Crippen molar-refractivity contribution < 1.29 is 20.1 Å². The molecule has 0 radical (unpaired) electrons. The van der Waals surface area contributed by atoms with Gasteiger partial charge in [0.2, 0.25) is 0 Å². The molecule has 3 aromatic carbocycles. The van der Waals surface area contributed by atoms with E-state index in [9.17, 15) is 15.0 Å². The fourth-order valence-corrected chi connectivity index (χ4v) is 2.43. The van der Waals surface area contributed by atoms with Gasteiger partial charge in [0.15, 0.2) is 0 Å². The average Bonchev–Trinajstić information content (AvgIpc) is 2.44. The molecular formula is C15H11NO4. The second-order valence-electron chi connectivity index (χ2n) is 4.50. The van der Waals surface area contributed by atoms with E-state index in [1.807, 2.05) is 0 Å². The lowest BCUT2D eigenvalue weighted by atomic mass is 9.97. The van der Waals surface area contributed by atoms with Crippen molar-refractivity contribution in [1.82, 2.24) is 0 Å². The Morgan fingerprint density at radius 2 is 1.50 bits per heavy atom. The number of aromatic hydroxyl groups is 2. The first kappa shape index (κ1) is 12.1. The Bertz CT molecular complexity index is 871. The third-order valence-electron chi connectivity index (χ3n) is 3.41. The summed E-state index contributed by atoms with van der Waals surface area (Å²) in [6.45, 7) is 0. The number of carboxylic acids is 1. The second kappa shape index (κ2) is 4.03. The molecule has 0 spiro atoms. The molecule has 0 fully saturated rings. The van der Waals surface area contributed by atoms with Crippen molar-refractivity contribution in [1.29, 1.82) is 0 Å². The number of nitrogen functional groups attached to an aromatic ring is 1. The number of nitrogens with two attached hydrogens (primary N) is 1. The number of fused-ring (bicyclic) bond motifs is 2. The van der Waals surface area contributed by atoms with Crippen LogP contribution in [0.2, 0.25) is 0 Å². The van der Waals surface area contributed by atoms with Crippen LogP contribution in [-0.4, -0.2) is 21.3 Å². The standard InChI is InChI=1S/C15H11NO4/c16-12-10(15(19)20)6-5-9-11(12)14(18)8-4-2-1-3-7(8)13(9)17/h1-6,17-18H,16H2,(H,19,20). The lowest BCUT2D eigenvalue weighted by Crippen LogP contribution is -2.03. The van der Waals surface area contributed by atoms with Crippen molar-refractivity contribution in [2.24, 2.45) is 0 Å². The summed E-state index contributed by atoms with van der Waals surface area (Å²) in [5.74, 6) is -1.34. The lowest BCUT2D eigenvalue weighted by Gasteiger charge is -2.12. The molecule has 0 heterocycles. The SMILES string of the molecule is Nc1c(C(=O)O)ccc2c(O)c3ccccc3c(O)c12. The summed E-state index contributed by atoms with van der Waals surface area (Å²) in [4.78, 5) is 11.1. The molecule has 0 aliphatic rings. The van der Waals surface area contributed by atoms with Crippen molar-refractivity contribution >= 4 is 33.2 Å². The molecule has 0 aromatic heterocycles. The maximum atomic E-state index is 11.1. The Kier molecular flexibility index (Phi) is 2.44. The predicted octanol–water partition coefficient (Wildman–Crippen LogP) is 2.68. The summed E-state index contributed by atoms with van der Waals surface area (Å²) in [6, 6.07) is 9.51. The van der Waals surface area contributed by atoms with Gasteiger partial charge in [0.25, 0.3) is 0 Å². The highest BCUT2D eigenvalue weighted by molar-refractivity contribution is 6.17. The number of benzene rings is 3. The molecule has 5 nitrogen and oxygen atoms in total. The van der Waals surface area contributed by atoms with Crippen LogP contribution in [0.15, 0.2) is 36.4 Å². The first-order valence-electron chi connectivity index (χ1n) is 5.90. The minimum Gasteiger partial charge on any atom is -0.507 e. The van der Waals surface area contributed by atoms with Gasteiger partial charge in [0.1, 0.15) is 11.5 Å². The Labute approximate surface area is 113 Å². The molecule has 100 valence electrons. The molecule has 0 unspecified atom stereocenters. The summed E-state index contributed by atoms with van der Waals surface area (Å²) in [5, 5.41) is 31.1. The number of phenolic OH excluding ortho intramolecular Hbond substituents is 2. The van der Waals surface area contributed by atoms with Gasteiger partial charge in [-0.05, 0) is 12.1 Å². The van der Waals surface area contributed by atoms with Gasteiger partial charge < -0.3 is 21.1 Å². The van der Waals surface area contributed by atoms with Crippen molar-refractivity contribution in [2.75, 3.05) is 5.73 Å². The van der Waals surface area contributed by atoms with Crippen LogP contribution in [0.3, 0.4) is 0 Å². The van der Waals surface area contributed by atoms with Crippen molar-refractivity contribution in [2.45, 2.75) is 0 Å². The van der Waals surface area contributed by atoms with Gasteiger partial charge in [0, 0.05) is 16.2 Å². The molecule has 0 aliphatic heterocycles. The zero-order chi connectivity index (χ0) is 14.4. The molecular weight excluding hydrogens is 258 g/mol. The summed E-state index contributed by atoms with van der Waals surface area (Å²) in [5.41, 5.74) is 5.66. The number of aromatic carboxylic acids is 1. The fraction of sp³-hybridized carbons (Fsp3) is 0. The van der Waals surface area contributed by atoms with Gasteiger partial charge in [-0.15, -0.1) is 0 Å². The minimum absolute atomic E-state index is 0.0305. The first-order chi connectivity index (χ1) is 9.52. The molecule has 5 heteroatoms. The summed E-state index contributed by atoms with van der Waals surface area (Å²) < 4.78 is 0. The molecule has 20 heavy (non-hydrogen) atoms. The lowest BCUT2D eigenvalue weighted by molar-refractivity contribution is 0.0698. The maximum Gasteiger partial charge on any atom is 0.337 e. The molecule has 0 saturated heterocycles. The van der Waals surface area contributed by atoms with E-state index in [0.717, 1.165) is 0 Å². The van der Waals surface area contributed by atoms with Crippen LogP contribution < -0.4 is 5.73 Å². The van der Waals surface area contributed by atoms with E-state index in [-0.39, 0.29) is 28.1 Å². The Balaban J connectivity index is 2.60. The zero-order valence-electron chi connectivity index (χ0n) is 10.3. The Morgan fingerprint density at radius 3 is 2.10 bits per heavy atom. The monoisotopic (exact) mass is 269 g/mol. The van der Waals surface area contributed by atoms with Gasteiger partial charge in [-0.3, -0.25) is 0 Å². The average molecular weight is 269 g/mol. The summed E-state index contributed by atoms with van der Waals surface area (Å²) >= 11 is 0. The number of phenols is 2. The summed E-state index contributed by atoms with van der Waals surface area (Å²) in [6.07, 6.45) is 0. The number of hydrogen-bond acceptors (Lipinski definition) is 4. The second-order valence-corrected chi connectivity index (χ2v) is 4.50. The highest BCUT2D eigenvalue weighted by Gasteiger charge is 2.18. The van der Waals surface area contributed by atoms with Crippen LogP contribution in [0.25, 0.3) is 21.5 Å². The van der Waals surface area contributed by atoms with Gasteiger partial charge in [0.05, 0.1) is 16.6 Å². The van der Waals surface area contributed by atoms with E-state index in [1.165, 1.54) is 12.1 Å². The topological polar surface area (TPSA) is 104 Å².